The van der Waals surface area contributed by atoms with Crippen molar-refractivity contribution in [3.8, 4) is 11.5 Å². The summed E-state index contributed by atoms with van der Waals surface area (Å²) >= 11 is 11.7. The van der Waals surface area contributed by atoms with E-state index in [4.69, 9.17) is 32.7 Å². The van der Waals surface area contributed by atoms with Gasteiger partial charge in [-0.3, -0.25) is 0 Å². The van der Waals surface area contributed by atoms with Crippen LogP contribution in [0.25, 0.3) is 0 Å². The summed E-state index contributed by atoms with van der Waals surface area (Å²) in [6, 6.07) is 12.1. The number of aryl methyl sites for hydroxylation is 1. The van der Waals surface area contributed by atoms with E-state index in [1.165, 1.54) is 5.56 Å². The molecule has 2 aromatic rings. The number of hydrogen-bond acceptors (Lipinski definition) is 3. The van der Waals surface area contributed by atoms with Gasteiger partial charge in [0.15, 0.2) is 6.61 Å². The van der Waals surface area contributed by atoms with E-state index in [2.05, 4.69) is 6.92 Å². The van der Waals surface area contributed by atoms with Gasteiger partial charge in [-0.1, -0.05) is 42.3 Å². The molecule has 21 heavy (non-hydrogen) atoms. The highest BCUT2D eigenvalue weighted by atomic mass is 35.5. The second kappa shape index (κ2) is 7.34. The molecule has 0 unspecified atom stereocenters. The SMILES string of the molecule is CCc1ccc(OC(=O)COc2ccc(Cl)cc2Cl)cc1. The van der Waals surface area contributed by atoms with Crippen molar-refractivity contribution in [1.29, 1.82) is 0 Å². The van der Waals surface area contributed by atoms with Crippen molar-refractivity contribution in [2.45, 2.75) is 13.3 Å². The van der Waals surface area contributed by atoms with E-state index in [1.807, 2.05) is 12.1 Å². The summed E-state index contributed by atoms with van der Waals surface area (Å²) in [4.78, 5) is 11.7. The minimum atomic E-state index is -0.495. The second-order valence-electron chi connectivity index (χ2n) is 4.33. The van der Waals surface area contributed by atoms with Crippen molar-refractivity contribution in [1.82, 2.24) is 0 Å². The molecule has 110 valence electrons. The lowest BCUT2D eigenvalue weighted by molar-refractivity contribution is -0.136. The summed E-state index contributed by atoms with van der Waals surface area (Å²) in [6.45, 7) is 1.83. The Balaban J connectivity index is 1.89. The molecule has 0 N–H and O–H groups in total. The monoisotopic (exact) mass is 324 g/mol. The third-order valence-corrected chi connectivity index (χ3v) is 3.33. The number of halogens is 2. The van der Waals surface area contributed by atoms with Gasteiger partial charge in [0, 0.05) is 5.02 Å². The van der Waals surface area contributed by atoms with Crippen LogP contribution in [0.4, 0.5) is 0 Å². The number of hydrogen-bond donors (Lipinski definition) is 0. The zero-order chi connectivity index (χ0) is 15.2. The van der Waals surface area contributed by atoms with Crippen LogP contribution in [0.15, 0.2) is 42.5 Å². The smallest absolute Gasteiger partial charge is 0.349 e. The molecular weight excluding hydrogens is 311 g/mol. The van der Waals surface area contributed by atoms with Gasteiger partial charge in [-0.05, 0) is 42.3 Å². The minimum Gasteiger partial charge on any atom is -0.480 e. The predicted molar refractivity (Wildman–Crippen MR) is 83.4 cm³/mol. The fraction of sp³-hybridized carbons (Fsp3) is 0.188. The quantitative estimate of drug-likeness (QED) is 0.598. The highest BCUT2D eigenvalue weighted by molar-refractivity contribution is 6.35. The molecule has 0 aliphatic rings. The largest absolute Gasteiger partial charge is 0.480 e. The Morgan fingerprint density at radius 3 is 2.43 bits per heavy atom. The van der Waals surface area contributed by atoms with Gasteiger partial charge in [0.1, 0.15) is 11.5 Å². The van der Waals surface area contributed by atoms with Crippen molar-refractivity contribution >= 4 is 29.2 Å². The van der Waals surface area contributed by atoms with E-state index in [1.54, 1.807) is 30.3 Å². The lowest BCUT2D eigenvalue weighted by Crippen LogP contribution is -2.17. The van der Waals surface area contributed by atoms with Crippen molar-refractivity contribution in [2.24, 2.45) is 0 Å². The molecule has 0 spiro atoms. The third-order valence-electron chi connectivity index (χ3n) is 2.80. The van der Waals surface area contributed by atoms with Crippen LogP contribution in [0.2, 0.25) is 10.0 Å². The first-order valence-electron chi connectivity index (χ1n) is 6.46. The van der Waals surface area contributed by atoms with Crippen LogP contribution >= 0.6 is 23.2 Å². The summed E-state index contributed by atoms with van der Waals surface area (Å²) < 4.78 is 10.5. The highest BCUT2D eigenvalue weighted by Gasteiger charge is 2.08. The number of carbonyl (C=O) groups excluding carboxylic acids is 1. The fourth-order valence-corrected chi connectivity index (χ4v) is 2.15. The number of esters is 1. The Bertz CT molecular complexity index is 624. The van der Waals surface area contributed by atoms with Crippen molar-refractivity contribution < 1.29 is 14.3 Å². The Kier molecular flexibility index (Phi) is 5.48. The van der Waals surface area contributed by atoms with E-state index in [0.717, 1.165) is 6.42 Å². The normalized spacial score (nSPS) is 10.2. The molecule has 0 aliphatic carbocycles. The summed E-state index contributed by atoms with van der Waals surface area (Å²) in [7, 11) is 0. The van der Waals surface area contributed by atoms with E-state index >= 15 is 0 Å². The van der Waals surface area contributed by atoms with Gasteiger partial charge in [-0.15, -0.1) is 0 Å². The molecule has 0 saturated heterocycles. The lowest BCUT2D eigenvalue weighted by atomic mass is 10.2. The van der Waals surface area contributed by atoms with Crippen LogP contribution < -0.4 is 9.47 Å². The summed E-state index contributed by atoms with van der Waals surface area (Å²) in [5, 5.41) is 0.855. The first kappa shape index (κ1) is 15.7. The summed E-state index contributed by atoms with van der Waals surface area (Å²) in [6.07, 6.45) is 0.937. The average Bonchev–Trinajstić information content (AvgIpc) is 2.47. The van der Waals surface area contributed by atoms with Gasteiger partial charge in [0.2, 0.25) is 0 Å². The fourth-order valence-electron chi connectivity index (χ4n) is 1.68. The number of benzene rings is 2. The molecule has 5 heteroatoms. The minimum absolute atomic E-state index is 0.225. The molecule has 2 aromatic carbocycles. The molecular formula is C16H14Cl2O3. The van der Waals surface area contributed by atoms with Crippen LogP contribution in [-0.4, -0.2) is 12.6 Å². The first-order valence-corrected chi connectivity index (χ1v) is 7.21. The van der Waals surface area contributed by atoms with Gasteiger partial charge in [0.05, 0.1) is 5.02 Å². The molecule has 0 amide bonds. The molecule has 2 rings (SSSR count). The molecule has 0 radical (unpaired) electrons. The Morgan fingerprint density at radius 2 is 1.81 bits per heavy atom. The van der Waals surface area contributed by atoms with Crippen LogP contribution in [0.5, 0.6) is 11.5 Å². The number of carbonyl (C=O) groups is 1. The molecule has 0 fully saturated rings. The summed E-state index contributed by atoms with van der Waals surface area (Å²) in [5.41, 5.74) is 1.18. The van der Waals surface area contributed by atoms with Crippen LogP contribution in [-0.2, 0) is 11.2 Å². The maximum atomic E-state index is 11.7. The lowest BCUT2D eigenvalue weighted by Gasteiger charge is -2.08. The Hall–Kier alpha value is -1.71. The molecule has 0 atom stereocenters. The van der Waals surface area contributed by atoms with Crippen molar-refractivity contribution in [3.63, 3.8) is 0 Å². The molecule has 0 saturated carbocycles. The second-order valence-corrected chi connectivity index (χ2v) is 5.18. The standard InChI is InChI=1S/C16H14Cl2O3/c1-2-11-3-6-13(7-4-11)21-16(19)10-20-15-8-5-12(17)9-14(15)18/h3-9H,2,10H2,1H3. The van der Waals surface area contributed by atoms with Crippen molar-refractivity contribution in [3.05, 3.63) is 58.1 Å². The van der Waals surface area contributed by atoms with Crippen LogP contribution in [0.3, 0.4) is 0 Å². The molecule has 0 aliphatic heterocycles. The zero-order valence-corrected chi connectivity index (χ0v) is 12.9. The maximum Gasteiger partial charge on any atom is 0.349 e. The van der Waals surface area contributed by atoms with Gasteiger partial charge in [0.25, 0.3) is 0 Å². The molecule has 0 aromatic heterocycles. The van der Waals surface area contributed by atoms with E-state index < -0.39 is 5.97 Å². The topological polar surface area (TPSA) is 35.5 Å². The molecule has 0 bridgehead atoms. The van der Waals surface area contributed by atoms with Gasteiger partial charge in [-0.25, -0.2) is 4.79 Å². The summed E-state index contributed by atoms with van der Waals surface area (Å²) in [5.74, 6) is 0.382. The zero-order valence-electron chi connectivity index (χ0n) is 11.4. The van der Waals surface area contributed by atoms with E-state index in [-0.39, 0.29) is 6.61 Å². The maximum absolute atomic E-state index is 11.7. The highest BCUT2D eigenvalue weighted by Crippen LogP contribution is 2.27. The van der Waals surface area contributed by atoms with E-state index in [0.29, 0.717) is 21.5 Å². The average molecular weight is 325 g/mol. The predicted octanol–water partition coefficient (Wildman–Crippen LogP) is 4.54. The van der Waals surface area contributed by atoms with Crippen LogP contribution in [0.1, 0.15) is 12.5 Å². The van der Waals surface area contributed by atoms with Gasteiger partial charge in [-0.2, -0.15) is 0 Å². The number of ether oxygens (including phenoxy) is 2. The Morgan fingerprint density at radius 1 is 1.10 bits per heavy atom. The van der Waals surface area contributed by atoms with Crippen LogP contribution in [0, 0.1) is 0 Å². The van der Waals surface area contributed by atoms with Crippen molar-refractivity contribution in [2.75, 3.05) is 6.61 Å². The number of rotatable bonds is 5. The first-order chi connectivity index (χ1) is 10.1. The van der Waals surface area contributed by atoms with Gasteiger partial charge >= 0.3 is 5.97 Å². The Labute approximate surface area is 133 Å². The van der Waals surface area contributed by atoms with E-state index in [9.17, 15) is 4.79 Å². The molecule has 3 nitrogen and oxygen atoms in total. The molecule has 0 heterocycles. The van der Waals surface area contributed by atoms with Gasteiger partial charge < -0.3 is 9.47 Å². The third kappa shape index (κ3) is 4.66.